The van der Waals surface area contributed by atoms with E-state index in [9.17, 15) is 0 Å². The predicted molar refractivity (Wildman–Crippen MR) is 71.0 cm³/mol. The first-order valence-corrected chi connectivity index (χ1v) is 7.29. The zero-order valence-corrected chi connectivity index (χ0v) is 11.2. The summed E-state index contributed by atoms with van der Waals surface area (Å²) in [6.45, 7) is 3.98. The minimum atomic E-state index is 0.718. The summed E-state index contributed by atoms with van der Waals surface area (Å²) in [6, 6.07) is 0.718. The van der Waals surface area contributed by atoms with E-state index in [1.165, 1.54) is 45.1 Å². The minimum Gasteiger partial charge on any atom is -0.381 e. The SMILES string of the molecule is CN(CC1CCCOC1)C1CCCCC1CN. The lowest BCUT2D eigenvalue weighted by Crippen LogP contribution is -2.45. The summed E-state index contributed by atoms with van der Waals surface area (Å²) in [5, 5.41) is 0. The molecule has 100 valence electrons. The van der Waals surface area contributed by atoms with Gasteiger partial charge in [0.1, 0.15) is 0 Å². The summed E-state index contributed by atoms with van der Waals surface area (Å²) < 4.78 is 5.57. The van der Waals surface area contributed by atoms with Crippen LogP contribution in [-0.4, -0.2) is 44.3 Å². The van der Waals surface area contributed by atoms with Gasteiger partial charge in [0, 0.05) is 19.2 Å². The first-order valence-electron chi connectivity index (χ1n) is 7.29. The number of hydrogen-bond acceptors (Lipinski definition) is 3. The lowest BCUT2D eigenvalue weighted by atomic mass is 9.83. The van der Waals surface area contributed by atoms with Gasteiger partial charge in [0.25, 0.3) is 0 Å². The molecule has 0 spiro atoms. The molecule has 17 heavy (non-hydrogen) atoms. The van der Waals surface area contributed by atoms with Crippen LogP contribution in [0.15, 0.2) is 0 Å². The molecule has 0 aromatic rings. The lowest BCUT2D eigenvalue weighted by molar-refractivity contribution is 0.0264. The first kappa shape index (κ1) is 13.3. The molecule has 0 aromatic heterocycles. The van der Waals surface area contributed by atoms with Gasteiger partial charge in [0.2, 0.25) is 0 Å². The highest BCUT2D eigenvalue weighted by molar-refractivity contribution is 4.83. The standard InChI is InChI=1S/C14H28N2O/c1-16(10-12-5-4-8-17-11-12)14-7-3-2-6-13(14)9-15/h12-14H,2-11,15H2,1H3. The van der Waals surface area contributed by atoms with E-state index in [0.717, 1.165) is 37.6 Å². The van der Waals surface area contributed by atoms with Crippen molar-refractivity contribution in [2.75, 3.05) is 33.4 Å². The van der Waals surface area contributed by atoms with E-state index in [1.54, 1.807) is 0 Å². The van der Waals surface area contributed by atoms with Gasteiger partial charge in [0.15, 0.2) is 0 Å². The van der Waals surface area contributed by atoms with Crippen LogP contribution < -0.4 is 5.73 Å². The second kappa shape index (κ2) is 6.72. The summed E-state index contributed by atoms with van der Waals surface area (Å²) >= 11 is 0. The third kappa shape index (κ3) is 3.67. The molecule has 0 bridgehead atoms. The smallest absolute Gasteiger partial charge is 0.0506 e. The molecule has 2 aliphatic rings. The van der Waals surface area contributed by atoms with Crippen LogP contribution in [0.4, 0.5) is 0 Å². The Hall–Kier alpha value is -0.120. The summed E-state index contributed by atoms with van der Waals surface area (Å²) in [7, 11) is 2.28. The average molecular weight is 240 g/mol. The fourth-order valence-corrected chi connectivity index (χ4v) is 3.54. The highest BCUT2D eigenvalue weighted by Gasteiger charge is 2.28. The van der Waals surface area contributed by atoms with Crippen molar-refractivity contribution < 1.29 is 4.74 Å². The quantitative estimate of drug-likeness (QED) is 0.815. The van der Waals surface area contributed by atoms with Gasteiger partial charge in [-0.2, -0.15) is 0 Å². The molecule has 1 heterocycles. The molecule has 2 fully saturated rings. The molecule has 1 saturated carbocycles. The van der Waals surface area contributed by atoms with Crippen molar-refractivity contribution in [2.45, 2.75) is 44.6 Å². The molecule has 0 radical (unpaired) electrons. The van der Waals surface area contributed by atoms with Crippen molar-refractivity contribution >= 4 is 0 Å². The third-order valence-electron chi connectivity index (χ3n) is 4.54. The Morgan fingerprint density at radius 1 is 1.18 bits per heavy atom. The van der Waals surface area contributed by atoms with Crippen molar-refractivity contribution in [3.05, 3.63) is 0 Å². The topological polar surface area (TPSA) is 38.5 Å². The molecule has 1 aliphatic carbocycles. The summed E-state index contributed by atoms with van der Waals surface area (Å²) in [5.41, 5.74) is 5.91. The molecule has 0 aromatic carbocycles. The van der Waals surface area contributed by atoms with E-state index >= 15 is 0 Å². The minimum absolute atomic E-state index is 0.718. The molecular formula is C14H28N2O. The van der Waals surface area contributed by atoms with Crippen LogP contribution in [0.2, 0.25) is 0 Å². The Labute approximate surface area is 106 Å². The molecule has 2 rings (SSSR count). The summed E-state index contributed by atoms with van der Waals surface area (Å²) in [5.74, 6) is 1.47. The van der Waals surface area contributed by atoms with E-state index in [-0.39, 0.29) is 0 Å². The largest absolute Gasteiger partial charge is 0.381 e. The number of nitrogens with two attached hydrogens (primary N) is 1. The second-order valence-corrected chi connectivity index (χ2v) is 5.87. The van der Waals surface area contributed by atoms with E-state index in [1.807, 2.05) is 0 Å². The van der Waals surface area contributed by atoms with Crippen LogP contribution >= 0.6 is 0 Å². The van der Waals surface area contributed by atoms with Crippen LogP contribution in [-0.2, 0) is 4.74 Å². The van der Waals surface area contributed by atoms with Gasteiger partial charge in [0.05, 0.1) is 6.61 Å². The van der Waals surface area contributed by atoms with Crippen LogP contribution in [0.25, 0.3) is 0 Å². The molecule has 1 aliphatic heterocycles. The third-order valence-corrected chi connectivity index (χ3v) is 4.54. The molecule has 3 unspecified atom stereocenters. The highest BCUT2D eigenvalue weighted by atomic mass is 16.5. The Balaban J connectivity index is 1.82. The maximum Gasteiger partial charge on any atom is 0.0506 e. The van der Waals surface area contributed by atoms with Crippen molar-refractivity contribution in [3.63, 3.8) is 0 Å². The van der Waals surface area contributed by atoms with Gasteiger partial charge in [-0.15, -0.1) is 0 Å². The zero-order chi connectivity index (χ0) is 12.1. The van der Waals surface area contributed by atoms with E-state index in [0.29, 0.717) is 0 Å². The lowest BCUT2D eigenvalue weighted by Gasteiger charge is -2.39. The molecule has 3 atom stereocenters. The maximum atomic E-state index is 5.91. The Bertz CT molecular complexity index is 216. The molecule has 1 saturated heterocycles. The van der Waals surface area contributed by atoms with Gasteiger partial charge in [-0.1, -0.05) is 12.8 Å². The fourth-order valence-electron chi connectivity index (χ4n) is 3.54. The number of rotatable bonds is 4. The first-order chi connectivity index (χ1) is 8.31. The van der Waals surface area contributed by atoms with Gasteiger partial charge in [-0.3, -0.25) is 0 Å². The Kier molecular flexibility index (Phi) is 5.26. The Morgan fingerprint density at radius 3 is 2.71 bits per heavy atom. The summed E-state index contributed by atoms with van der Waals surface area (Å²) in [4.78, 5) is 2.57. The van der Waals surface area contributed by atoms with E-state index < -0.39 is 0 Å². The molecule has 2 N–H and O–H groups in total. The molecule has 3 nitrogen and oxygen atoms in total. The normalized spacial score (nSPS) is 35.1. The fraction of sp³-hybridized carbons (Fsp3) is 1.00. The van der Waals surface area contributed by atoms with Gasteiger partial charge in [-0.25, -0.2) is 0 Å². The van der Waals surface area contributed by atoms with Crippen LogP contribution in [0.5, 0.6) is 0 Å². The van der Waals surface area contributed by atoms with Crippen LogP contribution in [0.1, 0.15) is 38.5 Å². The van der Waals surface area contributed by atoms with Gasteiger partial charge >= 0.3 is 0 Å². The monoisotopic (exact) mass is 240 g/mol. The van der Waals surface area contributed by atoms with Crippen molar-refractivity contribution in [1.82, 2.24) is 4.90 Å². The van der Waals surface area contributed by atoms with Crippen LogP contribution in [0.3, 0.4) is 0 Å². The van der Waals surface area contributed by atoms with Gasteiger partial charge < -0.3 is 15.4 Å². The predicted octanol–water partition coefficient (Wildman–Crippen LogP) is 1.86. The number of hydrogen-bond donors (Lipinski definition) is 1. The average Bonchev–Trinajstić information content (AvgIpc) is 2.40. The molecule has 0 amide bonds. The Morgan fingerprint density at radius 2 is 2.00 bits per heavy atom. The molecular weight excluding hydrogens is 212 g/mol. The van der Waals surface area contributed by atoms with E-state index in [2.05, 4.69) is 11.9 Å². The maximum absolute atomic E-state index is 5.91. The van der Waals surface area contributed by atoms with Gasteiger partial charge in [-0.05, 0) is 51.1 Å². The summed E-state index contributed by atoms with van der Waals surface area (Å²) in [6.07, 6.45) is 8.00. The zero-order valence-electron chi connectivity index (χ0n) is 11.2. The highest BCUT2D eigenvalue weighted by Crippen LogP contribution is 2.28. The van der Waals surface area contributed by atoms with Crippen molar-refractivity contribution in [2.24, 2.45) is 17.6 Å². The van der Waals surface area contributed by atoms with Crippen molar-refractivity contribution in [3.8, 4) is 0 Å². The van der Waals surface area contributed by atoms with E-state index in [4.69, 9.17) is 10.5 Å². The van der Waals surface area contributed by atoms with Crippen molar-refractivity contribution in [1.29, 1.82) is 0 Å². The molecule has 3 heteroatoms. The number of nitrogens with zero attached hydrogens (tertiary/aromatic N) is 1. The number of ether oxygens (including phenoxy) is 1. The van der Waals surface area contributed by atoms with Crippen LogP contribution in [0, 0.1) is 11.8 Å². The second-order valence-electron chi connectivity index (χ2n) is 5.87.